The van der Waals surface area contributed by atoms with Crippen LogP contribution in [0.3, 0.4) is 0 Å². The first-order valence-electron chi connectivity index (χ1n) is 8.67. The van der Waals surface area contributed by atoms with Gasteiger partial charge in [-0.05, 0) is 7.05 Å². The number of carbonyl (C=O) groups excluding carboxylic acids is 1. The van der Waals surface area contributed by atoms with Crippen molar-refractivity contribution < 1.29 is 4.79 Å². The second kappa shape index (κ2) is 7.42. The van der Waals surface area contributed by atoms with Crippen LogP contribution in [0.5, 0.6) is 0 Å². The molecule has 10 nitrogen and oxygen atoms in total. The van der Waals surface area contributed by atoms with E-state index in [1.54, 1.807) is 7.05 Å². The largest absolute Gasteiger partial charge is 0.353 e. The fourth-order valence-corrected chi connectivity index (χ4v) is 3.15. The number of piperazine rings is 1. The number of carbonyl (C=O) groups is 1. The standard InChI is InChI=1S/C16H25N7O3/c1-19-6-8-22(9-7-19)5-4-17-12(24)10-23-11-18-14-13(23)15(25)21(3)16(26)20(14)2/h11H,4-10H2,1-3H3,(H,17,24). The number of nitrogens with zero attached hydrogens (tertiary/aromatic N) is 6. The Hall–Kier alpha value is -2.46. The molecule has 2 aromatic heterocycles. The van der Waals surface area contributed by atoms with Crippen molar-refractivity contribution in [3.8, 4) is 0 Å². The maximum absolute atomic E-state index is 12.4. The van der Waals surface area contributed by atoms with Gasteiger partial charge in [-0.1, -0.05) is 0 Å². The third-order valence-electron chi connectivity index (χ3n) is 4.88. The van der Waals surface area contributed by atoms with Gasteiger partial charge in [-0.2, -0.15) is 0 Å². The van der Waals surface area contributed by atoms with Gasteiger partial charge in [0.15, 0.2) is 11.2 Å². The fraction of sp³-hybridized carbons (Fsp3) is 0.625. The number of likely N-dealkylation sites (N-methyl/N-ethyl adjacent to an activating group) is 1. The third kappa shape index (κ3) is 3.56. The van der Waals surface area contributed by atoms with Gasteiger partial charge in [-0.15, -0.1) is 0 Å². The summed E-state index contributed by atoms with van der Waals surface area (Å²) in [5.41, 5.74) is -0.359. The Morgan fingerprint density at radius 1 is 1.12 bits per heavy atom. The average Bonchev–Trinajstić information content (AvgIpc) is 3.03. The van der Waals surface area contributed by atoms with Crippen LogP contribution in [0.15, 0.2) is 15.9 Å². The van der Waals surface area contributed by atoms with Gasteiger partial charge in [0.25, 0.3) is 5.56 Å². The van der Waals surface area contributed by atoms with E-state index in [0.29, 0.717) is 6.54 Å². The van der Waals surface area contributed by atoms with Crippen molar-refractivity contribution in [1.29, 1.82) is 0 Å². The summed E-state index contributed by atoms with van der Waals surface area (Å²) >= 11 is 0. The molecule has 142 valence electrons. The molecular weight excluding hydrogens is 338 g/mol. The Morgan fingerprint density at radius 2 is 1.81 bits per heavy atom. The van der Waals surface area contributed by atoms with Crippen LogP contribution in [0, 0.1) is 0 Å². The van der Waals surface area contributed by atoms with Crippen molar-refractivity contribution in [1.82, 2.24) is 33.8 Å². The van der Waals surface area contributed by atoms with Crippen LogP contribution >= 0.6 is 0 Å². The molecule has 0 atom stereocenters. The molecule has 2 aromatic rings. The Labute approximate surface area is 150 Å². The third-order valence-corrected chi connectivity index (χ3v) is 4.88. The van der Waals surface area contributed by atoms with Crippen molar-refractivity contribution in [3.05, 3.63) is 27.2 Å². The second-order valence-electron chi connectivity index (χ2n) is 6.75. The van der Waals surface area contributed by atoms with Crippen LogP contribution in [0.1, 0.15) is 0 Å². The molecule has 1 saturated heterocycles. The summed E-state index contributed by atoms with van der Waals surface area (Å²) in [6, 6.07) is 0. The summed E-state index contributed by atoms with van der Waals surface area (Å²) < 4.78 is 3.81. The van der Waals surface area contributed by atoms with Gasteiger partial charge >= 0.3 is 5.69 Å². The first kappa shape index (κ1) is 18.3. The van der Waals surface area contributed by atoms with Crippen molar-refractivity contribution in [2.24, 2.45) is 14.1 Å². The summed E-state index contributed by atoms with van der Waals surface area (Å²) in [7, 11) is 5.07. The minimum atomic E-state index is -0.453. The number of fused-ring (bicyclic) bond motifs is 1. The van der Waals surface area contributed by atoms with Gasteiger partial charge in [0.05, 0.1) is 6.33 Å². The Morgan fingerprint density at radius 3 is 2.50 bits per heavy atom. The molecule has 1 aliphatic rings. The molecule has 1 aliphatic heterocycles. The number of aromatic nitrogens is 4. The fourth-order valence-electron chi connectivity index (χ4n) is 3.15. The summed E-state index contributed by atoms with van der Waals surface area (Å²) in [6.07, 6.45) is 1.42. The molecule has 0 unspecified atom stereocenters. The van der Waals surface area contributed by atoms with Crippen LogP contribution in [0.2, 0.25) is 0 Å². The van der Waals surface area contributed by atoms with Crippen LogP contribution in [0.25, 0.3) is 11.2 Å². The normalized spacial score (nSPS) is 16.3. The Kier molecular flexibility index (Phi) is 5.23. The summed E-state index contributed by atoms with van der Waals surface area (Å²) in [4.78, 5) is 45.2. The van der Waals surface area contributed by atoms with E-state index in [0.717, 1.165) is 37.3 Å². The van der Waals surface area contributed by atoms with Gasteiger partial charge in [-0.25, -0.2) is 9.78 Å². The lowest BCUT2D eigenvalue weighted by molar-refractivity contribution is -0.121. The Balaban J connectivity index is 1.63. The first-order valence-corrected chi connectivity index (χ1v) is 8.67. The molecule has 1 amide bonds. The van der Waals surface area contributed by atoms with E-state index in [1.165, 1.54) is 22.5 Å². The molecule has 26 heavy (non-hydrogen) atoms. The molecule has 3 rings (SSSR count). The SMILES string of the molecule is CN1CCN(CCNC(=O)Cn2cnc3c2c(=O)n(C)c(=O)n3C)CC1. The van der Waals surface area contributed by atoms with Gasteiger partial charge in [0, 0.05) is 53.4 Å². The smallest absolute Gasteiger partial charge is 0.332 e. The van der Waals surface area contributed by atoms with Gasteiger partial charge in [-0.3, -0.25) is 23.6 Å². The summed E-state index contributed by atoms with van der Waals surface area (Å²) in [5, 5.41) is 2.88. The lowest BCUT2D eigenvalue weighted by atomic mass is 10.3. The van der Waals surface area contributed by atoms with Crippen LogP contribution in [-0.2, 0) is 25.4 Å². The zero-order chi connectivity index (χ0) is 18.8. The zero-order valence-corrected chi connectivity index (χ0v) is 15.4. The number of amides is 1. The number of rotatable bonds is 5. The lowest BCUT2D eigenvalue weighted by Crippen LogP contribution is -2.47. The molecule has 0 saturated carbocycles. The van der Waals surface area contributed by atoms with E-state index >= 15 is 0 Å². The highest BCUT2D eigenvalue weighted by atomic mass is 16.2. The maximum atomic E-state index is 12.4. The first-order chi connectivity index (χ1) is 12.4. The van der Waals surface area contributed by atoms with Gasteiger partial charge < -0.3 is 14.8 Å². The van der Waals surface area contributed by atoms with E-state index in [2.05, 4.69) is 27.1 Å². The lowest BCUT2D eigenvalue weighted by Gasteiger charge is -2.32. The number of nitrogens with one attached hydrogen (secondary N) is 1. The molecule has 1 N–H and O–H groups in total. The van der Waals surface area contributed by atoms with Crippen molar-refractivity contribution >= 4 is 17.1 Å². The molecule has 1 fully saturated rings. The topological polar surface area (TPSA) is 97.4 Å². The predicted molar refractivity (Wildman–Crippen MR) is 97.2 cm³/mol. The van der Waals surface area contributed by atoms with E-state index in [9.17, 15) is 14.4 Å². The van der Waals surface area contributed by atoms with Crippen LogP contribution in [0.4, 0.5) is 0 Å². The van der Waals surface area contributed by atoms with Gasteiger partial charge in [0.1, 0.15) is 6.54 Å². The average molecular weight is 363 g/mol. The zero-order valence-electron chi connectivity index (χ0n) is 15.4. The molecule has 0 bridgehead atoms. The minimum Gasteiger partial charge on any atom is -0.353 e. The minimum absolute atomic E-state index is 0.00726. The van der Waals surface area contributed by atoms with E-state index in [-0.39, 0.29) is 23.6 Å². The van der Waals surface area contributed by atoms with Crippen molar-refractivity contribution in [2.75, 3.05) is 46.3 Å². The van der Waals surface area contributed by atoms with E-state index < -0.39 is 11.2 Å². The summed E-state index contributed by atoms with van der Waals surface area (Å²) in [5.74, 6) is -0.186. The Bertz CT molecular complexity index is 918. The highest BCUT2D eigenvalue weighted by Gasteiger charge is 2.16. The van der Waals surface area contributed by atoms with E-state index in [1.807, 2.05) is 0 Å². The van der Waals surface area contributed by atoms with E-state index in [4.69, 9.17) is 0 Å². The van der Waals surface area contributed by atoms with Gasteiger partial charge in [0.2, 0.25) is 5.91 Å². The predicted octanol–water partition coefficient (Wildman–Crippen LogP) is -2.20. The molecule has 0 aliphatic carbocycles. The molecule has 0 aromatic carbocycles. The summed E-state index contributed by atoms with van der Waals surface area (Å²) in [6.45, 7) is 5.44. The highest BCUT2D eigenvalue weighted by Crippen LogP contribution is 2.05. The molecular formula is C16H25N7O3. The highest BCUT2D eigenvalue weighted by molar-refractivity contribution is 5.78. The number of hydrogen-bond donors (Lipinski definition) is 1. The molecule has 10 heteroatoms. The van der Waals surface area contributed by atoms with Crippen LogP contribution in [-0.4, -0.2) is 80.7 Å². The van der Waals surface area contributed by atoms with Crippen LogP contribution < -0.4 is 16.6 Å². The van der Waals surface area contributed by atoms with Crippen molar-refractivity contribution in [2.45, 2.75) is 6.54 Å². The number of hydrogen-bond acceptors (Lipinski definition) is 6. The maximum Gasteiger partial charge on any atom is 0.332 e. The van der Waals surface area contributed by atoms with Crippen molar-refractivity contribution in [3.63, 3.8) is 0 Å². The monoisotopic (exact) mass is 363 g/mol. The second-order valence-corrected chi connectivity index (χ2v) is 6.75. The molecule has 0 radical (unpaired) electrons. The molecule has 0 spiro atoms. The quantitative estimate of drug-likeness (QED) is 0.647. The number of aryl methyl sites for hydroxylation is 1. The number of imidazole rings is 1. The molecule has 3 heterocycles.